The van der Waals surface area contributed by atoms with Crippen LogP contribution in [0, 0.1) is 0 Å². The third-order valence-corrected chi connectivity index (χ3v) is 4.61. The quantitative estimate of drug-likeness (QED) is 0.566. The normalized spacial score (nSPS) is 11.1. The number of hydrogen-bond acceptors (Lipinski definition) is 5. The van der Waals surface area contributed by atoms with Gasteiger partial charge < -0.3 is 10.5 Å². The number of esters is 1. The van der Waals surface area contributed by atoms with Gasteiger partial charge in [-0.3, -0.25) is 4.79 Å². The lowest BCUT2D eigenvalue weighted by atomic mass is 10.2. The van der Waals surface area contributed by atoms with Gasteiger partial charge >= 0.3 is 5.97 Å². The predicted molar refractivity (Wildman–Crippen MR) is 83.8 cm³/mol. The number of nitrogens with two attached hydrogens (primary N) is 1. The molecule has 0 bridgehead atoms. The van der Waals surface area contributed by atoms with Gasteiger partial charge in [0.05, 0.1) is 18.1 Å². The number of hydrogen-bond donors (Lipinski definition) is 2. The molecule has 0 unspecified atom stereocenters. The Hall–Kier alpha value is -1.22. The third kappa shape index (κ3) is 5.24. The molecule has 1 aromatic carbocycles. The lowest BCUT2D eigenvalue weighted by molar-refractivity contribution is -0.142. The summed E-state index contributed by atoms with van der Waals surface area (Å²) in [5.74, 6) is -0.477. The van der Waals surface area contributed by atoms with Crippen molar-refractivity contribution in [1.29, 1.82) is 0 Å². The molecule has 0 fully saturated rings. The molecule has 0 aliphatic carbocycles. The van der Waals surface area contributed by atoms with E-state index in [4.69, 9.17) is 34.3 Å². The standard InChI is InChI=1S/C12H15ClN2O4S2/c1-2-19-11(16)5-6-15-21(17,18)10-4-3-8(12(14)20)7-9(10)13/h3-4,7,15H,2,5-6H2,1H3,(H2,14,20). The molecule has 1 rings (SSSR count). The molecule has 0 aliphatic heterocycles. The molecule has 116 valence electrons. The summed E-state index contributed by atoms with van der Waals surface area (Å²) in [6, 6.07) is 4.15. The summed E-state index contributed by atoms with van der Waals surface area (Å²) in [7, 11) is -3.82. The van der Waals surface area contributed by atoms with Gasteiger partial charge in [0.25, 0.3) is 0 Å². The van der Waals surface area contributed by atoms with Crippen molar-refractivity contribution in [1.82, 2.24) is 4.72 Å². The van der Waals surface area contributed by atoms with Crippen LogP contribution >= 0.6 is 23.8 Å². The van der Waals surface area contributed by atoms with Gasteiger partial charge in [0.15, 0.2) is 0 Å². The molecular weight excluding hydrogens is 336 g/mol. The van der Waals surface area contributed by atoms with E-state index in [1.165, 1.54) is 18.2 Å². The zero-order chi connectivity index (χ0) is 16.0. The fraction of sp³-hybridized carbons (Fsp3) is 0.333. The van der Waals surface area contributed by atoms with Crippen LogP contribution in [0.1, 0.15) is 18.9 Å². The second kappa shape index (κ2) is 7.69. The molecule has 1 aromatic rings. The first-order valence-corrected chi connectivity index (χ1v) is 8.29. The number of halogens is 1. The number of rotatable bonds is 7. The Labute approximate surface area is 133 Å². The van der Waals surface area contributed by atoms with Gasteiger partial charge in [-0.2, -0.15) is 0 Å². The number of sulfonamides is 1. The van der Waals surface area contributed by atoms with Gasteiger partial charge in [-0.05, 0) is 19.1 Å². The molecule has 0 spiro atoms. The first kappa shape index (κ1) is 17.8. The van der Waals surface area contributed by atoms with Crippen LogP contribution in [0.25, 0.3) is 0 Å². The fourth-order valence-corrected chi connectivity index (χ4v) is 3.17. The van der Waals surface area contributed by atoms with Crippen molar-refractivity contribution in [2.24, 2.45) is 5.73 Å². The Bertz CT molecular complexity index is 647. The van der Waals surface area contributed by atoms with Crippen LogP contribution in [0.2, 0.25) is 5.02 Å². The van der Waals surface area contributed by atoms with E-state index in [1.807, 2.05) is 0 Å². The van der Waals surface area contributed by atoms with Gasteiger partial charge in [-0.25, -0.2) is 13.1 Å². The minimum absolute atomic E-state index is 0.00364. The highest BCUT2D eigenvalue weighted by atomic mass is 35.5. The first-order chi connectivity index (χ1) is 9.77. The second-order valence-electron chi connectivity index (χ2n) is 3.96. The SMILES string of the molecule is CCOC(=O)CCNS(=O)(=O)c1ccc(C(N)=S)cc1Cl. The monoisotopic (exact) mass is 350 g/mol. The molecule has 0 heterocycles. The van der Waals surface area contributed by atoms with Crippen LogP contribution in [0.15, 0.2) is 23.1 Å². The van der Waals surface area contributed by atoms with Crippen molar-refractivity contribution in [3.8, 4) is 0 Å². The maximum absolute atomic E-state index is 12.1. The molecule has 0 atom stereocenters. The smallest absolute Gasteiger partial charge is 0.307 e. The van der Waals surface area contributed by atoms with Crippen molar-refractivity contribution in [2.75, 3.05) is 13.2 Å². The third-order valence-electron chi connectivity index (χ3n) is 2.43. The molecule has 3 N–H and O–H groups in total. The summed E-state index contributed by atoms with van der Waals surface area (Å²) in [4.78, 5) is 11.2. The van der Waals surface area contributed by atoms with Gasteiger partial charge in [0.2, 0.25) is 10.0 Å². The van der Waals surface area contributed by atoms with E-state index in [2.05, 4.69) is 4.72 Å². The van der Waals surface area contributed by atoms with Crippen molar-refractivity contribution in [3.05, 3.63) is 28.8 Å². The van der Waals surface area contributed by atoms with Crippen LogP contribution in [0.3, 0.4) is 0 Å². The van der Waals surface area contributed by atoms with Crippen LogP contribution in [0.4, 0.5) is 0 Å². The number of nitrogens with one attached hydrogen (secondary N) is 1. The Morgan fingerprint density at radius 2 is 2.14 bits per heavy atom. The Morgan fingerprint density at radius 3 is 2.67 bits per heavy atom. The van der Waals surface area contributed by atoms with Crippen LogP contribution < -0.4 is 10.5 Å². The predicted octanol–water partition coefficient (Wildman–Crippen LogP) is 1.21. The van der Waals surface area contributed by atoms with Crippen molar-refractivity contribution in [3.63, 3.8) is 0 Å². The van der Waals surface area contributed by atoms with E-state index in [0.29, 0.717) is 5.56 Å². The molecule has 0 saturated heterocycles. The van der Waals surface area contributed by atoms with E-state index in [1.54, 1.807) is 6.92 Å². The topological polar surface area (TPSA) is 98.5 Å². The summed E-state index contributed by atoms with van der Waals surface area (Å²) in [5.41, 5.74) is 5.91. The lowest BCUT2D eigenvalue weighted by Gasteiger charge is -2.09. The highest BCUT2D eigenvalue weighted by Gasteiger charge is 2.18. The summed E-state index contributed by atoms with van der Waals surface area (Å²) in [5, 5.41) is 0.00364. The average Bonchev–Trinajstić information content (AvgIpc) is 2.38. The first-order valence-electron chi connectivity index (χ1n) is 6.02. The van der Waals surface area contributed by atoms with Crippen LogP contribution in [-0.4, -0.2) is 32.5 Å². The molecule has 0 radical (unpaired) electrons. The largest absolute Gasteiger partial charge is 0.466 e. The van der Waals surface area contributed by atoms with E-state index < -0.39 is 16.0 Å². The van der Waals surface area contributed by atoms with Crippen LogP contribution in [-0.2, 0) is 19.6 Å². The molecule has 21 heavy (non-hydrogen) atoms. The fourth-order valence-electron chi connectivity index (χ4n) is 1.47. The minimum atomic E-state index is -3.82. The van der Waals surface area contributed by atoms with E-state index in [-0.39, 0.29) is 34.5 Å². The molecule has 0 saturated carbocycles. The summed E-state index contributed by atoms with van der Waals surface area (Å²) in [6.45, 7) is 1.84. The molecular formula is C12H15ClN2O4S2. The average molecular weight is 351 g/mol. The lowest BCUT2D eigenvalue weighted by Crippen LogP contribution is -2.27. The maximum atomic E-state index is 12.1. The van der Waals surface area contributed by atoms with E-state index in [0.717, 1.165) is 0 Å². The molecule has 9 heteroatoms. The molecule has 6 nitrogen and oxygen atoms in total. The highest BCUT2D eigenvalue weighted by Crippen LogP contribution is 2.22. The highest BCUT2D eigenvalue weighted by molar-refractivity contribution is 7.89. The summed E-state index contributed by atoms with van der Waals surface area (Å²) in [6.07, 6.45) is -0.0599. The summed E-state index contributed by atoms with van der Waals surface area (Å²) < 4.78 is 31.1. The van der Waals surface area contributed by atoms with Gasteiger partial charge in [0, 0.05) is 12.1 Å². The molecule has 0 aliphatic rings. The minimum Gasteiger partial charge on any atom is -0.466 e. The van der Waals surface area contributed by atoms with Gasteiger partial charge in [-0.15, -0.1) is 0 Å². The number of thiocarbonyl (C=S) groups is 1. The molecule has 0 amide bonds. The number of benzene rings is 1. The van der Waals surface area contributed by atoms with Crippen molar-refractivity contribution in [2.45, 2.75) is 18.2 Å². The van der Waals surface area contributed by atoms with E-state index >= 15 is 0 Å². The van der Waals surface area contributed by atoms with Crippen molar-refractivity contribution < 1.29 is 17.9 Å². The maximum Gasteiger partial charge on any atom is 0.307 e. The number of carbonyl (C=O) groups is 1. The van der Waals surface area contributed by atoms with Crippen LogP contribution in [0.5, 0.6) is 0 Å². The zero-order valence-corrected chi connectivity index (χ0v) is 13.6. The van der Waals surface area contributed by atoms with Gasteiger partial charge in [-0.1, -0.05) is 29.9 Å². The number of ether oxygens (including phenoxy) is 1. The Morgan fingerprint density at radius 1 is 1.48 bits per heavy atom. The molecule has 0 aromatic heterocycles. The van der Waals surface area contributed by atoms with Gasteiger partial charge in [0.1, 0.15) is 9.88 Å². The number of carbonyl (C=O) groups excluding carboxylic acids is 1. The zero-order valence-electron chi connectivity index (χ0n) is 11.3. The van der Waals surface area contributed by atoms with Crippen molar-refractivity contribution >= 4 is 44.8 Å². The van der Waals surface area contributed by atoms with E-state index in [9.17, 15) is 13.2 Å². The Balaban J connectivity index is 2.79. The summed E-state index contributed by atoms with van der Waals surface area (Å²) >= 11 is 10.7. The Kier molecular flexibility index (Phi) is 6.53. The second-order valence-corrected chi connectivity index (χ2v) is 6.54.